The van der Waals surface area contributed by atoms with E-state index in [1.807, 2.05) is 6.07 Å². The number of rotatable bonds is 1. The Kier molecular flexibility index (Phi) is 2.19. The molecule has 2 atom stereocenters. The maximum Gasteiger partial charge on any atom is 0.144 e. The summed E-state index contributed by atoms with van der Waals surface area (Å²) in [6.45, 7) is 3.52. The van der Waals surface area contributed by atoms with Gasteiger partial charge in [0.05, 0.1) is 0 Å². The second-order valence-corrected chi connectivity index (χ2v) is 4.92. The fraction of sp³-hybridized carbons (Fsp3) is 0.538. The van der Waals surface area contributed by atoms with E-state index in [0.29, 0.717) is 5.69 Å². The van der Waals surface area contributed by atoms with Gasteiger partial charge in [-0.15, -0.1) is 0 Å². The number of nitrogens with zero attached hydrogens (tertiary/aromatic N) is 3. The molecular weight excluding hydrogens is 198 g/mol. The lowest BCUT2D eigenvalue weighted by atomic mass is 9.74. The van der Waals surface area contributed by atoms with Gasteiger partial charge in [-0.05, 0) is 44.0 Å². The van der Waals surface area contributed by atoms with Gasteiger partial charge in [-0.2, -0.15) is 5.26 Å². The molecule has 2 unspecified atom stereocenters. The standard InChI is InChI=1S/C13H15N3/c14-9-12-11(3-1-6-15-12)13-4-2-7-16(10-13)8-5-13/h1,3,6H,2,4-5,7-8,10H2. The molecule has 0 saturated carbocycles. The molecular formula is C13H15N3. The van der Waals surface area contributed by atoms with Crippen molar-refractivity contribution < 1.29 is 0 Å². The molecule has 1 aromatic rings. The summed E-state index contributed by atoms with van der Waals surface area (Å²) in [6, 6.07) is 6.30. The zero-order chi connectivity index (χ0) is 11.0. The Hall–Kier alpha value is -1.40. The van der Waals surface area contributed by atoms with Crippen molar-refractivity contribution in [1.29, 1.82) is 5.26 Å². The van der Waals surface area contributed by atoms with Gasteiger partial charge in [-0.25, -0.2) is 4.98 Å². The topological polar surface area (TPSA) is 39.9 Å². The van der Waals surface area contributed by atoms with E-state index in [2.05, 4.69) is 22.0 Å². The van der Waals surface area contributed by atoms with Gasteiger partial charge in [-0.3, -0.25) is 0 Å². The largest absolute Gasteiger partial charge is 0.302 e. The number of hydrogen-bond acceptors (Lipinski definition) is 3. The molecule has 3 heteroatoms. The minimum Gasteiger partial charge on any atom is -0.302 e. The Balaban J connectivity index is 2.06. The first-order chi connectivity index (χ1) is 7.84. The predicted octanol–water partition coefficient (Wildman–Crippen LogP) is 1.69. The lowest BCUT2D eigenvalue weighted by molar-refractivity contribution is 0.242. The number of piperidine rings is 1. The number of aromatic nitrogens is 1. The normalized spacial score (nSPS) is 32.3. The summed E-state index contributed by atoms with van der Waals surface area (Å²) in [5.74, 6) is 0. The number of pyridine rings is 1. The molecule has 2 aliphatic heterocycles. The van der Waals surface area contributed by atoms with Crippen molar-refractivity contribution in [3.8, 4) is 6.07 Å². The monoisotopic (exact) mass is 213 g/mol. The minimum atomic E-state index is 0.220. The highest BCUT2D eigenvalue weighted by Gasteiger charge is 2.43. The molecule has 0 spiro atoms. The van der Waals surface area contributed by atoms with Crippen LogP contribution >= 0.6 is 0 Å². The van der Waals surface area contributed by atoms with Gasteiger partial charge < -0.3 is 4.90 Å². The zero-order valence-corrected chi connectivity index (χ0v) is 9.32. The Bertz CT molecular complexity index is 445. The van der Waals surface area contributed by atoms with Crippen LogP contribution in [0.2, 0.25) is 0 Å². The van der Waals surface area contributed by atoms with Gasteiger partial charge in [0.2, 0.25) is 0 Å². The summed E-state index contributed by atoms with van der Waals surface area (Å²) < 4.78 is 0. The van der Waals surface area contributed by atoms with Gasteiger partial charge in [0, 0.05) is 18.2 Å². The summed E-state index contributed by atoms with van der Waals surface area (Å²) in [5.41, 5.74) is 2.03. The third-order valence-corrected chi connectivity index (χ3v) is 4.05. The number of nitriles is 1. The quantitative estimate of drug-likeness (QED) is 0.712. The highest BCUT2D eigenvalue weighted by Crippen LogP contribution is 2.42. The molecule has 0 aliphatic carbocycles. The van der Waals surface area contributed by atoms with Gasteiger partial charge in [0.1, 0.15) is 11.8 Å². The van der Waals surface area contributed by atoms with Crippen molar-refractivity contribution in [2.75, 3.05) is 19.6 Å². The zero-order valence-electron chi connectivity index (χ0n) is 9.32. The average molecular weight is 213 g/mol. The molecule has 1 aromatic heterocycles. The third-order valence-electron chi connectivity index (χ3n) is 4.05. The van der Waals surface area contributed by atoms with Crippen LogP contribution < -0.4 is 0 Å². The maximum atomic E-state index is 9.15. The van der Waals surface area contributed by atoms with Crippen LogP contribution in [-0.2, 0) is 5.41 Å². The fourth-order valence-corrected chi connectivity index (χ4v) is 3.27. The summed E-state index contributed by atoms with van der Waals surface area (Å²) in [6.07, 6.45) is 5.37. The van der Waals surface area contributed by atoms with E-state index in [1.54, 1.807) is 6.20 Å². The average Bonchev–Trinajstić information content (AvgIpc) is 2.66. The van der Waals surface area contributed by atoms with Gasteiger partial charge in [0.15, 0.2) is 0 Å². The van der Waals surface area contributed by atoms with Crippen LogP contribution in [0.3, 0.4) is 0 Å². The van der Waals surface area contributed by atoms with Crippen LogP contribution in [0.4, 0.5) is 0 Å². The maximum absolute atomic E-state index is 9.15. The van der Waals surface area contributed by atoms with E-state index < -0.39 is 0 Å². The van der Waals surface area contributed by atoms with Crippen LogP contribution in [0.15, 0.2) is 18.3 Å². The first kappa shape index (κ1) is 9.80. The Morgan fingerprint density at radius 2 is 2.31 bits per heavy atom. The molecule has 0 aromatic carbocycles. The Morgan fingerprint density at radius 3 is 3.19 bits per heavy atom. The predicted molar refractivity (Wildman–Crippen MR) is 60.9 cm³/mol. The molecule has 16 heavy (non-hydrogen) atoms. The molecule has 0 amide bonds. The smallest absolute Gasteiger partial charge is 0.144 e. The van der Waals surface area contributed by atoms with Crippen LogP contribution in [-0.4, -0.2) is 29.5 Å². The van der Waals surface area contributed by atoms with Crippen LogP contribution in [0.1, 0.15) is 30.5 Å². The molecule has 0 radical (unpaired) electrons. The van der Waals surface area contributed by atoms with Crippen molar-refractivity contribution in [3.05, 3.63) is 29.6 Å². The van der Waals surface area contributed by atoms with Crippen LogP contribution in [0.25, 0.3) is 0 Å². The van der Waals surface area contributed by atoms with Crippen molar-refractivity contribution in [1.82, 2.24) is 9.88 Å². The second-order valence-electron chi connectivity index (χ2n) is 4.92. The molecule has 3 heterocycles. The Morgan fingerprint density at radius 1 is 1.38 bits per heavy atom. The highest BCUT2D eigenvalue weighted by atomic mass is 15.2. The number of hydrogen-bond donors (Lipinski definition) is 0. The SMILES string of the molecule is N#Cc1ncccc1C12CCCN(CC1)C2. The lowest BCUT2D eigenvalue weighted by Gasteiger charge is -2.34. The Labute approximate surface area is 95.7 Å². The molecule has 2 aliphatic rings. The van der Waals surface area contributed by atoms with Gasteiger partial charge in [-0.1, -0.05) is 6.07 Å². The van der Waals surface area contributed by atoms with Crippen molar-refractivity contribution >= 4 is 0 Å². The van der Waals surface area contributed by atoms with Crippen LogP contribution in [0.5, 0.6) is 0 Å². The second kappa shape index (κ2) is 3.57. The summed E-state index contributed by atoms with van der Waals surface area (Å²) >= 11 is 0. The van der Waals surface area contributed by atoms with E-state index in [1.165, 1.54) is 37.9 Å². The van der Waals surface area contributed by atoms with Gasteiger partial charge in [0.25, 0.3) is 0 Å². The van der Waals surface area contributed by atoms with Gasteiger partial charge >= 0.3 is 0 Å². The highest BCUT2D eigenvalue weighted by molar-refractivity contribution is 5.39. The van der Waals surface area contributed by atoms with E-state index in [-0.39, 0.29) is 5.41 Å². The molecule has 2 bridgehead atoms. The first-order valence-corrected chi connectivity index (χ1v) is 5.92. The molecule has 0 N–H and O–H groups in total. The van der Waals surface area contributed by atoms with E-state index >= 15 is 0 Å². The minimum absolute atomic E-state index is 0.220. The van der Waals surface area contributed by atoms with Crippen LogP contribution in [0, 0.1) is 11.3 Å². The molecule has 3 nitrogen and oxygen atoms in total. The summed E-state index contributed by atoms with van der Waals surface area (Å²) in [5, 5.41) is 9.15. The van der Waals surface area contributed by atoms with E-state index in [4.69, 9.17) is 5.26 Å². The number of fused-ring (bicyclic) bond motifs is 2. The molecule has 2 saturated heterocycles. The molecule has 82 valence electrons. The summed E-state index contributed by atoms with van der Waals surface area (Å²) in [4.78, 5) is 6.72. The molecule has 2 fully saturated rings. The lowest BCUT2D eigenvalue weighted by Crippen LogP contribution is -2.37. The molecule has 3 rings (SSSR count). The first-order valence-electron chi connectivity index (χ1n) is 5.92. The van der Waals surface area contributed by atoms with E-state index in [9.17, 15) is 0 Å². The summed E-state index contributed by atoms with van der Waals surface area (Å²) in [7, 11) is 0. The van der Waals surface area contributed by atoms with Crippen molar-refractivity contribution in [3.63, 3.8) is 0 Å². The third kappa shape index (κ3) is 1.34. The van der Waals surface area contributed by atoms with Crippen molar-refractivity contribution in [2.45, 2.75) is 24.7 Å². The van der Waals surface area contributed by atoms with Crippen molar-refractivity contribution in [2.24, 2.45) is 0 Å². The fourth-order valence-electron chi connectivity index (χ4n) is 3.27. The van der Waals surface area contributed by atoms with E-state index in [0.717, 1.165) is 6.54 Å².